The quantitative estimate of drug-likeness (QED) is 0.585. The Kier molecular flexibility index (Phi) is 6.93. The summed E-state index contributed by atoms with van der Waals surface area (Å²) in [5.41, 5.74) is 0.250. The number of ether oxygens (including phenoxy) is 1. The van der Waals surface area contributed by atoms with Crippen molar-refractivity contribution in [3.63, 3.8) is 0 Å². The van der Waals surface area contributed by atoms with Crippen LogP contribution in [0.4, 0.5) is 13.2 Å². The molecule has 32 heavy (non-hydrogen) atoms. The fraction of sp³-hybridized carbons (Fsp3) is 0.417. The zero-order chi connectivity index (χ0) is 23.5. The Labute approximate surface area is 184 Å². The molecule has 172 valence electrons. The summed E-state index contributed by atoms with van der Waals surface area (Å²) >= 11 is 0. The summed E-state index contributed by atoms with van der Waals surface area (Å²) in [4.78, 5) is 24.2. The molecular formula is C24H26F3NO4. The molecule has 0 unspecified atom stereocenters. The Balaban J connectivity index is 1.68. The number of hydrogen-bond acceptors (Lipinski definition) is 3. The molecule has 1 fully saturated rings. The molecule has 1 amide bonds. The number of carbonyl (C=O) groups is 2. The van der Waals surface area contributed by atoms with Crippen LogP contribution >= 0.6 is 0 Å². The van der Waals surface area contributed by atoms with E-state index < -0.39 is 29.4 Å². The lowest BCUT2D eigenvalue weighted by Gasteiger charge is -2.44. The Morgan fingerprint density at radius 3 is 2.09 bits per heavy atom. The van der Waals surface area contributed by atoms with Gasteiger partial charge in [0, 0.05) is 0 Å². The fourth-order valence-electron chi connectivity index (χ4n) is 3.80. The van der Waals surface area contributed by atoms with Crippen LogP contribution < -0.4 is 5.32 Å². The second-order valence-electron chi connectivity index (χ2n) is 8.48. The van der Waals surface area contributed by atoms with Crippen molar-refractivity contribution in [3.8, 4) is 0 Å². The molecule has 2 aromatic carbocycles. The molecule has 1 saturated carbocycles. The average molecular weight is 449 g/mol. The second-order valence-corrected chi connectivity index (χ2v) is 8.48. The monoisotopic (exact) mass is 449 g/mol. The third-order valence-electron chi connectivity index (χ3n) is 5.83. The summed E-state index contributed by atoms with van der Waals surface area (Å²) in [7, 11) is 0. The zero-order valence-corrected chi connectivity index (χ0v) is 17.9. The van der Waals surface area contributed by atoms with Crippen molar-refractivity contribution in [2.45, 2.75) is 57.5 Å². The van der Waals surface area contributed by atoms with Crippen LogP contribution in [0.1, 0.15) is 60.2 Å². The summed E-state index contributed by atoms with van der Waals surface area (Å²) in [6.45, 7) is 3.69. The van der Waals surface area contributed by atoms with Gasteiger partial charge in [0.2, 0.25) is 5.91 Å². The molecule has 3 rings (SSSR count). The van der Waals surface area contributed by atoms with Gasteiger partial charge in [-0.2, -0.15) is 13.2 Å². The van der Waals surface area contributed by atoms with Crippen LogP contribution in [-0.2, 0) is 27.9 Å². The van der Waals surface area contributed by atoms with Gasteiger partial charge in [-0.15, -0.1) is 0 Å². The first-order valence-corrected chi connectivity index (χ1v) is 10.5. The molecule has 0 heterocycles. The highest BCUT2D eigenvalue weighted by atomic mass is 19.4. The number of carboxylic acid groups (broad SMARTS) is 1. The number of halogens is 3. The standard InChI is InChI=1S/C24H26F3NO4/c1-15(2)20(32-14-16-4-8-19(9-5-16)24(25,26)27)21(29)28-23(12-3-13-23)18-10-6-17(7-11-18)22(30)31/h4-11,15,20H,3,12-14H2,1-2H3,(H,28,29)(H,30,31)/t20-/m1/s1. The summed E-state index contributed by atoms with van der Waals surface area (Å²) in [5.74, 6) is -1.47. The molecule has 0 bridgehead atoms. The van der Waals surface area contributed by atoms with E-state index in [1.807, 2.05) is 13.8 Å². The third-order valence-corrected chi connectivity index (χ3v) is 5.83. The van der Waals surface area contributed by atoms with Crippen molar-refractivity contribution in [1.82, 2.24) is 5.32 Å². The molecule has 2 aromatic rings. The minimum absolute atomic E-state index is 0.00864. The number of carboxylic acids is 1. The molecule has 0 aromatic heterocycles. The lowest BCUT2D eigenvalue weighted by Crippen LogP contribution is -2.54. The normalized spacial score (nSPS) is 16.3. The van der Waals surface area contributed by atoms with Gasteiger partial charge in [0.15, 0.2) is 0 Å². The van der Waals surface area contributed by atoms with Gasteiger partial charge >= 0.3 is 12.1 Å². The van der Waals surface area contributed by atoms with Crippen molar-refractivity contribution in [1.29, 1.82) is 0 Å². The number of alkyl halides is 3. The van der Waals surface area contributed by atoms with E-state index in [1.54, 1.807) is 12.1 Å². The third kappa shape index (κ3) is 5.30. The predicted octanol–water partition coefficient (Wildman–Crippen LogP) is 5.14. The van der Waals surface area contributed by atoms with Crippen molar-refractivity contribution in [2.75, 3.05) is 0 Å². The van der Waals surface area contributed by atoms with Crippen LogP contribution in [0.25, 0.3) is 0 Å². The first kappa shape index (κ1) is 23.8. The van der Waals surface area contributed by atoms with Crippen LogP contribution in [-0.4, -0.2) is 23.1 Å². The highest BCUT2D eigenvalue weighted by Gasteiger charge is 2.42. The van der Waals surface area contributed by atoms with Crippen LogP contribution in [0.2, 0.25) is 0 Å². The van der Waals surface area contributed by atoms with E-state index in [-0.39, 0.29) is 24.0 Å². The van der Waals surface area contributed by atoms with Gasteiger partial charge in [0.25, 0.3) is 0 Å². The Morgan fingerprint density at radius 1 is 1.06 bits per heavy atom. The highest BCUT2D eigenvalue weighted by Crippen LogP contribution is 2.41. The average Bonchev–Trinajstić information content (AvgIpc) is 2.70. The predicted molar refractivity (Wildman–Crippen MR) is 112 cm³/mol. The van der Waals surface area contributed by atoms with Gasteiger partial charge in [0.1, 0.15) is 6.10 Å². The number of nitrogens with one attached hydrogen (secondary N) is 1. The van der Waals surface area contributed by atoms with E-state index in [1.165, 1.54) is 24.3 Å². The smallest absolute Gasteiger partial charge is 0.416 e. The van der Waals surface area contributed by atoms with Crippen molar-refractivity contribution < 1.29 is 32.6 Å². The molecular weight excluding hydrogens is 423 g/mol. The maximum absolute atomic E-state index is 13.1. The SMILES string of the molecule is CC(C)[C@@H](OCc1ccc(C(F)(F)F)cc1)C(=O)NC1(c2ccc(C(=O)O)cc2)CCC1. The van der Waals surface area contributed by atoms with Gasteiger partial charge in [-0.25, -0.2) is 4.79 Å². The molecule has 0 radical (unpaired) electrons. The Morgan fingerprint density at radius 2 is 1.66 bits per heavy atom. The molecule has 2 N–H and O–H groups in total. The Hall–Kier alpha value is -2.87. The van der Waals surface area contributed by atoms with E-state index >= 15 is 0 Å². The van der Waals surface area contributed by atoms with Crippen molar-refractivity contribution in [2.24, 2.45) is 5.92 Å². The maximum atomic E-state index is 13.1. The van der Waals surface area contributed by atoms with Gasteiger partial charge in [0.05, 0.1) is 23.3 Å². The summed E-state index contributed by atoms with van der Waals surface area (Å²) in [6.07, 6.45) is -2.80. The Bertz CT molecular complexity index is 949. The molecule has 8 heteroatoms. The number of aromatic carboxylic acids is 1. The zero-order valence-electron chi connectivity index (χ0n) is 17.9. The molecule has 1 aliphatic rings. The topological polar surface area (TPSA) is 75.6 Å². The first-order chi connectivity index (χ1) is 15.0. The van der Waals surface area contributed by atoms with E-state index in [9.17, 15) is 22.8 Å². The van der Waals surface area contributed by atoms with E-state index in [0.29, 0.717) is 5.56 Å². The van der Waals surface area contributed by atoms with E-state index in [2.05, 4.69) is 5.32 Å². The second kappa shape index (κ2) is 9.32. The molecule has 0 aliphatic heterocycles. The van der Waals surface area contributed by atoms with Gasteiger partial charge in [-0.1, -0.05) is 38.1 Å². The first-order valence-electron chi connectivity index (χ1n) is 10.5. The fourth-order valence-corrected chi connectivity index (χ4v) is 3.80. The maximum Gasteiger partial charge on any atom is 0.416 e. The number of hydrogen-bond donors (Lipinski definition) is 2. The molecule has 1 atom stereocenters. The molecule has 0 spiro atoms. The molecule has 1 aliphatic carbocycles. The van der Waals surface area contributed by atoms with E-state index in [4.69, 9.17) is 9.84 Å². The van der Waals surface area contributed by atoms with Gasteiger partial charge < -0.3 is 15.2 Å². The molecule has 0 saturated heterocycles. The van der Waals surface area contributed by atoms with E-state index in [0.717, 1.165) is 37.0 Å². The van der Waals surface area contributed by atoms with Crippen LogP contribution in [0, 0.1) is 5.92 Å². The number of rotatable bonds is 8. The van der Waals surface area contributed by atoms with Gasteiger partial charge in [-0.05, 0) is 60.6 Å². The molecule has 5 nitrogen and oxygen atoms in total. The van der Waals surface area contributed by atoms with Crippen LogP contribution in [0.15, 0.2) is 48.5 Å². The lowest BCUT2D eigenvalue weighted by atomic mass is 9.71. The largest absolute Gasteiger partial charge is 0.478 e. The minimum atomic E-state index is -4.40. The van der Waals surface area contributed by atoms with Crippen LogP contribution in [0.5, 0.6) is 0 Å². The lowest BCUT2D eigenvalue weighted by molar-refractivity contribution is -0.140. The van der Waals surface area contributed by atoms with Gasteiger partial charge in [-0.3, -0.25) is 4.79 Å². The number of benzene rings is 2. The van der Waals surface area contributed by atoms with Crippen molar-refractivity contribution in [3.05, 3.63) is 70.8 Å². The number of amides is 1. The van der Waals surface area contributed by atoms with Crippen molar-refractivity contribution >= 4 is 11.9 Å². The number of carbonyl (C=O) groups excluding carboxylic acids is 1. The highest BCUT2D eigenvalue weighted by molar-refractivity contribution is 5.87. The summed E-state index contributed by atoms with van der Waals surface area (Å²) < 4.78 is 44.0. The summed E-state index contributed by atoms with van der Waals surface area (Å²) in [5, 5.41) is 12.2. The van der Waals surface area contributed by atoms with Crippen LogP contribution in [0.3, 0.4) is 0 Å². The summed E-state index contributed by atoms with van der Waals surface area (Å²) in [6, 6.07) is 11.1. The minimum Gasteiger partial charge on any atom is -0.478 e.